The molecule has 0 saturated carbocycles. The van der Waals surface area contributed by atoms with Gasteiger partial charge in [0.05, 0.1) is 21.3 Å². The van der Waals surface area contributed by atoms with Crippen LogP contribution in [0.15, 0.2) is 36.4 Å². The normalized spacial score (nSPS) is 10.6. The van der Waals surface area contributed by atoms with Crippen LogP contribution in [0.1, 0.15) is 11.1 Å². The van der Waals surface area contributed by atoms with Crippen molar-refractivity contribution in [1.82, 2.24) is 0 Å². The molecule has 0 amide bonds. The van der Waals surface area contributed by atoms with E-state index >= 15 is 0 Å². The molecule has 0 unspecified atom stereocenters. The van der Waals surface area contributed by atoms with Crippen LogP contribution in [0.5, 0.6) is 17.2 Å². The third-order valence-electron chi connectivity index (χ3n) is 3.10. The summed E-state index contributed by atoms with van der Waals surface area (Å²) in [4.78, 5) is 0. The molecular formula is C17H19NO3. The van der Waals surface area contributed by atoms with Gasteiger partial charge in [-0.1, -0.05) is 24.3 Å². The maximum absolute atomic E-state index is 5.77. The first-order valence-corrected chi connectivity index (χ1v) is 6.52. The highest BCUT2D eigenvalue weighted by atomic mass is 16.5. The predicted molar refractivity (Wildman–Crippen MR) is 85.9 cm³/mol. The van der Waals surface area contributed by atoms with E-state index < -0.39 is 0 Å². The molecule has 2 aromatic rings. The fourth-order valence-electron chi connectivity index (χ4n) is 2.10. The maximum atomic E-state index is 5.77. The number of hydrogen-bond donors (Lipinski definition) is 1. The molecule has 0 heterocycles. The Morgan fingerprint density at radius 1 is 0.857 bits per heavy atom. The molecule has 0 aliphatic carbocycles. The highest BCUT2D eigenvalue weighted by molar-refractivity contribution is 5.76. The zero-order valence-corrected chi connectivity index (χ0v) is 12.4. The predicted octanol–water partition coefficient (Wildman–Crippen LogP) is 3.47. The van der Waals surface area contributed by atoms with Crippen LogP contribution in [0.2, 0.25) is 0 Å². The number of methoxy groups -OCH3 is 3. The Morgan fingerprint density at radius 3 is 2.24 bits per heavy atom. The number of nitrogen functional groups attached to an aromatic ring is 1. The van der Waals surface area contributed by atoms with Gasteiger partial charge < -0.3 is 19.9 Å². The van der Waals surface area contributed by atoms with Gasteiger partial charge in [0.25, 0.3) is 0 Å². The standard InChI is InChI=1S/C17H19NO3/c1-19-15-10-9-13(16(20-2)17(15)21-3)8-7-12-5-4-6-14(18)11-12/h4-11H,18H2,1-3H3. The van der Waals surface area contributed by atoms with E-state index in [0.29, 0.717) is 17.2 Å². The molecule has 2 N–H and O–H groups in total. The highest BCUT2D eigenvalue weighted by Crippen LogP contribution is 2.40. The molecule has 0 radical (unpaired) electrons. The Kier molecular flexibility index (Phi) is 4.72. The number of anilines is 1. The van der Waals surface area contributed by atoms with Crippen LogP contribution in [0.4, 0.5) is 5.69 Å². The minimum absolute atomic E-state index is 0.578. The minimum atomic E-state index is 0.578. The third-order valence-corrected chi connectivity index (χ3v) is 3.10. The molecule has 0 spiro atoms. The summed E-state index contributed by atoms with van der Waals surface area (Å²) >= 11 is 0. The summed E-state index contributed by atoms with van der Waals surface area (Å²) in [7, 11) is 4.79. The van der Waals surface area contributed by atoms with Crippen LogP contribution < -0.4 is 19.9 Å². The van der Waals surface area contributed by atoms with Gasteiger partial charge in [0, 0.05) is 11.3 Å². The van der Waals surface area contributed by atoms with Crippen LogP contribution in [-0.4, -0.2) is 21.3 Å². The SMILES string of the molecule is COc1ccc(C=Cc2cccc(N)c2)c(OC)c1OC. The molecule has 21 heavy (non-hydrogen) atoms. The van der Waals surface area contributed by atoms with Crippen molar-refractivity contribution in [1.29, 1.82) is 0 Å². The largest absolute Gasteiger partial charge is 0.493 e. The highest BCUT2D eigenvalue weighted by Gasteiger charge is 2.13. The number of ether oxygens (including phenoxy) is 3. The Morgan fingerprint density at radius 2 is 1.62 bits per heavy atom. The van der Waals surface area contributed by atoms with Crippen LogP contribution >= 0.6 is 0 Å². The van der Waals surface area contributed by atoms with Crippen molar-refractivity contribution < 1.29 is 14.2 Å². The first kappa shape index (κ1) is 14.8. The van der Waals surface area contributed by atoms with Crippen molar-refractivity contribution in [3.05, 3.63) is 47.5 Å². The van der Waals surface area contributed by atoms with E-state index in [1.54, 1.807) is 21.3 Å². The van der Waals surface area contributed by atoms with Crippen molar-refractivity contribution in [2.45, 2.75) is 0 Å². The van der Waals surface area contributed by atoms with Crippen LogP contribution in [-0.2, 0) is 0 Å². The van der Waals surface area contributed by atoms with Gasteiger partial charge in [-0.3, -0.25) is 0 Å². The monoisotopic (exact) mass is 285 g/mol. The summed E-state index contributed by atoms with van der Waals surface area (Å²) < 4.78 is 16.1. The lowest BCUT2D eigenvalue weighted by atomic mass is 10.1. The van der Waals surface area contributed by atoms with Crippen molar-refractivity contribution in [3.63, 3.8) is 0 Å². The van der Waals surface area contributed by atoms with Gasteiger partial charge in [0.2, 0.25) is 5.75 Å². The fraction of sp³-hybridized carbons (Fsp3) is 0.176. The van der Waals surface area contributed by atoms with Crippen molar-refractivity contribution in [2.75, 3.05) is 27.1 Å². The molecule has 0 aliphatic heterocycles. The average Bonchev–Trinajstić information content (AvgIpc) is 2.51. The van der Waals surface area contributed by atoms with Crippen molar-refractivity contribution >= 4 is 17.8 Å². The van der Waals surface area contributed by atoms with Gasteiger partial charge >= 0.3 is 0 Å². The fourth-order valence-corrected chi connectivity index (χ4v) is 2.10. The summed E-state index contributed by atoms with van der Waals surface area (Å²) in [5.74, 6) is 1.85. The zero-order chi connectivity index (χ0) is 15.2. The van der Waals surface area contributed by atoms with Gasteiger partial charge in [-0.25, -0.2) is 0 Å². The topological polar surface area (TPSA) is 53.7 Å². The van der Waals surface area contributed by atoms with Gasteiger partial charge in [-0.2, -0.15) is 0 Å². The Balaban J connectivity index is 2.40. The molecule has 2 rings (SSSR count). The van der Waals surface area contributed by atoms with E-state index in [4.69, 9.17) is 19.9 Å². The van der Waals surface area contributed by atoms with Crippen molar-refractivity contribution in [2.24, 2.45) is 0 Å². The molecule has 110 valence electrons. The molecule has 0 atom stereocenters. The molecule has 0 aliphatic rings. The second kappa shape index (κ2) is 6.70. The first-order chi connectivity index (χ1) is 10.2. The molecule has 0 fully saturated rings. The summed E-state index contributed by atoms with van der Waals surface area (Å²) in [5.41, 5.74) is 8.43. The van der Waals surface area contributed by atoms with E-state index in [1.165, 1.54) is 0 Å². The maximum Gasteiger partial charge on any atom is 0.203 e. The lowest BCUT2D eigenvalue weighted by Gasteiger charge is -2.14. The van der Waals surface area contributed by atoms with E-state index in [0.717, 1.165) is 16.8 Å². The third kappa shape index (κ3) is 3.28. The van der Waals surface area contributed by atoms with Crippen LogP contribution in [0.3, 0.4) is 0 Å². The smallest absolute Gasteiger partial charge is 0.203 e. The first-order valence-electron chi connectivity index (χ1n) is 6.52. The number of hydrogen-bond acceptors (Lipinski definition) is 4. The van der Waals surface area contributed by atoms with Crippen LogP contribution in [0.25, 0.3) is 12.2 Å². The Bertz CT molecular complexity index is 650. The second-order valence-corrected chi connectivity index (χ2v) is 4.43. The second-order valence-electron chi connectivity index (χ2n) is 4.43. The number of nitrogens with two attached hydrogens (primary N) is 1. The van der Waals surface area contributed by atoms with E-state index in [1.807, 2.05) is 48.6 Å². The lowest BCUT2D eigenvalue weighted by Crippen LogP contribution is -1.96. The molecule has 2 aromatic carbocycles. The summed E-state index contributed by atoms with van der Waals surface area (Å²) in [6.07, 6.45) is 3.93. The summed E-state index contributed by atoms with van der Waals surface area (Å²) in [6, 6.07) is 11.4. The Labute approximate surface area is 124 Å². The Hall–Kier alpha value is -2.62. The number of benzene rings is 2. The van der Waals surface area contributed by atoms with Gasteiger partial charge in [0.1, 0.15) is 0 Å². The lowest BCUT2D eigenvalue weighted by molar-refractivity contribution is 0.324. The van der Waals surface area contributed by atoms with Crippen LogP contribution in [0, 0.1) is 0 Å². The molecule has 0 bridgehead atoms. The minimum Gasteiger partial charge on any atom is -0.493 e. The van der Waals surface area contributed by atoms with E-state index in [2.05, 4.69) is 0 Å². The van der Waals surface area contributed by atoms with Gasteiger partial charge in [-0.15, -0.1) is 0 Å². The molecule has 0 aromatic heterocycles. The van der Waals surface area contributed by atoms with Gasteiger partial charge in [-0.05, 0) is 29.8 Å². The zero-order valence-electron chi connectivity index (χ0n) is 12.4. The van der Waals surface area contributed by atoms with E-state index in [9.17, 15) is 0 Å². The quantitative estimate of drug-likeness (QED) is 0.675. The van der Waals surface area contributed by atoms with Crippen molar-refractivity contribution in [3.8, 4) is 17.2 Å². The van der Waals surface area contributed by atoms with E-state index in [-0.39, 0.29) is 0 Å². The summed E-state index contributed by atoms with van der Waals surface area (Å²) in [5, 5.41) is 0. The summed E-state index contributed by atoms with van der Waals surface area (Å²) in [6.45, 7) is 0. The molecule has 4 heteroatoms. The molecule has 4 nitrogen and oxygen atoms in total. The van der Waals surface area contributed by atoms with Gasteiger partial charge in [0.15, 0.2) is 11.5 Å². The molecule has 0 saturated heterocycles. The number of rotatable bonds is 5. The average molecular weight is 285 g/mol. The molecular weight excluding hydrogens is 266 g/mol.